The maximum atomic E-state index is 4.30. The molecule has 0 bridgehead atoms. The van der Waals surface area contributed by atoms with E-state index in [4.69, 9.17) is 0 Å². The highest BCUT2D eigenvalue weighted by atomic mass is 79.9. The second-order valence-corrected chi connectivity index (χ2v) is 5.04. The molecule has 0 atom stereocenters. The molecule has 0 aromatic carbocycles. The van der Waals surface area contributed by atoms with Crippen LogP contribution in [0, 0.1) is 0 Å². The minimum atomic E-state index is 0.945. The van der Waals surface area contributed by atoms with E-state index in [9.17, 15) is 0 Å². The normalized spacial score (nSPS) is 10.3. The van der Waals surface area contributed by atoms with Crippen LogP contribution in [-0.2, 0) is 0 Å². The molecule has 2 rings (SSSR count). The maximum absolute atomic E-state index is 4.30. The molecule has 0 aliphatic carbocycles. The second-order valence-electron chi connectivity index (χ2n) is 1.96. The smallest absolute Gasteiger partial charge is 0.159 e. The van der Waals surface area contributed by atoms with E-state index in [0.29, 0.717) is 0 Å². The third kappa shape index (κ3) is 1.52. The summed E-state index contributed by atoms with van der Waals surface area (Å²) in [6.07, 6.45) is 0. The summed E-state index contributed by atoms with van der Waals surface area (Å²) in [7, 11) is 0. The highest BCUT2D eigenvalue weighted by molar-refractivity contribution is 9.11. The Morgan fingerprint density at radius 1 is 1.36 bits per heavy atom. The van der Waals surface area contributed by atoms with Gasteiger partial charge in [-0.3, -0.25) is 0 Å². The average molecular weight is 246 g/mol. The van der Waals surface area contributed by atoms with Crippen LogP contribution in [0.1, 0.15) is 0 Å². The highest BCUT2D eigenvalue weighted by Crippen LogP contribution is 2.27. The minimum absolute atomic E-state index is 0.945. The first-order valence-corrected chi connectivity index (χ1v) is 5.56. The van der Waals surface area contributed by atoms with Crippen molar-refractivity contribution in [3.63, 3.8) is 0 Å². The number of thiophene rings is 1. The molecule has 2 aromatic rings. The Morgan fingerprint density at radius 2 is 2.27 bits per heavy atom. The molecule has 0 radical (unpaired) electrons. The van der Waals surface area contributed by atoms with E-state index in [2.05, 4.69) is 37.7 Å². The van der Waals surface area contributed by atoms with Crippen LogP contribution in [0.2, 0.25) is 0 Å². The molecule has 56 valence electrons. The van der Waals surface area contributed by atoms with Crippen molar-refractivity contribution in [1.29, 1.82) is 0 Å². The molecule has 0 saturated carbocycles. The van der Waals surface area contributed by atoms with Crippen LogP contribution in [0.25, 0.3) is 10.6 Å². The van der Waals surface area contributed by atoms with Crippen molar-refractivity contribution in [3.8, 4) is 10.6 Å². The molecular formula is C7H4BrNS2. The van der Waals surface area contributed by atoms with Gasteiger partial charge in [0.2, 0.25) is 0 Å². The molecule has 11 heavy (non-hydrogen) atoms. The van der Waals surface area contributed by atoms with E-state index in [1.807, 2.05) is 6.07 Å². The van der Waals surface area contributed by atoms with Crippen LogP contribution >= 0.6 is 38.6 Å². The Hall–Kier alpha value is -0.190. The first kappa shape index (κ1) is 7.46. The second kappa shape index (κ2) is 3.05. The number of halogens is 1. The summed E-state index contributed by atoms with van der Waals surface area (Å²) in [6, 6.07) is 4.11. The van der Waals surface area contributed by atoms with E-state index in [1.54, 1.807) is 22.7 Å². The van der Waals surface area contributed by atoms with Gasteiger partial charge in [-0.25, -0.2) is 4.98 Å². The van der Waals surface area contributed by atoms with Crippen LogP contribution in [0.3, 0.4) is 0 Å². The van der Waals surface area contributed by atoms with E-state index in [-0.39, 0.29) is 0 Å². The number of hydrogen-bond acceptors (Lipinski definition) is 3. The van der Waals surface area contributed by atoms with Gasteiger partial charge in [-0.05, 0) is 27.4 Å². The van der Waals surface area contributed by atoms with E-state index in [0.717, 1.165) is 9.61 Å². The van der Waals surface area contributed by atoms with Crippen molar-refractivity contribution >= 4 is 38.6 Å². The number of aromatic nitrogens is 1. The Kier molecular flexibility index (Phi) is 2.07. The van der Waals surface area contributed by atoms with Gasteiger partial charge in [-0.15, -0.1) is 22.7 Å². The lowest BCUT2D eigenvalue weighted by Crippen LogP contribution is -1.67. The van der Waals surface area contributed by atoms with Gasteiger partial charge in [0, 0.05) is 5.38 Å². The molecule has 0 spiro atoms. The van der Waals surface area contributed by atoms with Gasteiger partial charge in [0.25, 0.3) is 0 Å². The largest absolute Gasteiger partial charge is 0.228 e. The number of rotatable bonds is 1. The monoisotopic (exact) mass is 245 g/mol. The zero-order valence-corrected chi connectivity index (χ0v) is 8.67. The predicted molar refractivity (Wildman–Crippen MR) is 53.1 cm³/mol. The van der Waals surface area contributed by atoms with Gasteiger partial charge in [-0.1, -0.05) is 6.07 Å². The first-order chi connectivity index (χ1) is 5.36. The lowest BCUT2D eigenvalue weighted by atomic mass is 10.4. The number of thiazole rings is 1. The van der Waals surface area contributed by atoms with Crippen molar-refractivity contribution in [2.75, 3.05) is 0 Å². The summed E-state index contributed by atoms with van der Waals surface area (Å²) in [5.74, 6) is 0. The quantitative estimate of drug-likeness (QED) is 0.748. The van der Waals surface area contributed by atoms with Crippen molar-refractivity contribution in [1.82, 2.24) is 4.98 Å². The zero-order valence-electron chi connectivity index (χ0n) is 5.45. The zero-order chi connectivity index (χ0) is 7.68. The van der Waals surface area contributed by atoms with Crippen molar-refractivity contribution < 1.29 is 0 Å². The van der Waals surface area contributed by atoms with Crippen molar-refractivity contribution in [3.05, 3.63) is 26.8 Å². The Labute approximate surface area is 80.9 Å². The fraction of sp³-hybridized carbons (Fsp3) is 0. The number of hydrogen-bond donors (Lipinski definition) is 0. The summed E-state index contributed by atoms with van der Waals surface area (Å²) in [5, 5.41) is 4.11. The lowest BCUT2D eigenvalue weighted by molar-refractivity contribution is 1.39. The molecule has 4 heteroatoms. The highest BCUT2D eigenvalue weighted by Gasteiger charge is 2.01. The fourth-order valence-electron chi connectivity index (χ4n) is 0.789. The lowest BCUT2D eigenvalue weighted by Gasteiger charge is -1.84. The van der Waals surface area contributed by atoms with E-state index < -0.39 is 0 Å². The standard InChI is InChI=1S/C7H4BrNS2/c8-7-9-5(4-11-7)6-2-1-3-10-6/h1-4H. The molecular weight excluding hydrogens is 242 g/mol. The fourth-order valence-corrected chi connectivity index (χ4v) is 2.56. The molecule has 1 nitrogen and oxygen atoms in total. The van der Waals surface area contributed by atoms with E-state index in [1.165, 1.54) is 4.88 Å². The third-order valence-electron chi connectivity index (χ3n) is 1.25. The topological polar surface area (TPSA) is 12.9 Å². The molecule has 0 unspecified atom stereocenters. The third-order valence-corrected chi connectivity index (χ3v) is 3.51. The molecule has 2 heterocycles. The van der Waals surface area contributed by atoms with Crippen LogP contribution < -0.4 is 0 Å². The molecule has 0 N–H and O–H groups in total. The Balaban J connectivity index is 2.45. The molecule has 0 fully saturated rings. The SMILES string of the molecule is Brc1nc(-c2cccs2)cs1. The Bertz CT molecular complexity index is 339. The summed E-state index contributed by atoms with van der Waals surface area (Å²) in [5.41, 5.74) is 1.07. The first-order valence-electron chi connectivity index (χ1n) is 3.01. The van der Waals surface area contributed by atoms with Gasteiger partial charge in [-0.2, -0.15) is 0 Å². The van der Waals surface area contributed by atoms with E-state index >= 15 is 0 Å². The van der Waals surface area contributed by atoms with Crippen LogP contribution in [0.4, 0.5) is 0 Å². The Morgan fingerprint density at radius 3 is 2.82 bits per heavy atom. The predicted octanol–water partition coefficient (Wildman–Crippen LogP) is 3.63. The van der Waals surface area contributed by atoms with Crippen molar-refractivity contribution in [2.45, 2.75) is 0 Å². The summed E-state index contributed by atoms with van der Waals surface area (Å²) >= 11 is 6.66. The number of nitrogens with zero attached hydrogens (tertiary/aromatic N) is 1. The van der Waals surface area contributed by atoms with Gasteiger partial charge < -0.3 is 0 Å². The van der Waals surface area contributed by atoms with Gasteiger partial charge >= 0.3 is 0 Å². The average Bonchev–Trinajstić information content (AvgIpc) is 2.55. The molecule has 2 aromatic heterocycles. The van der Waals surface area contributed by atoms with Gasteiger partial charge in [0.1, 0.15) is 0 Å². The summed E-state index contributed by atoms with van der Waals surface area (Å²) in [6.45, 7) is 0. The molecule has 0 amide bonds. The summed E-state index contributed by atoms with van der Waals surface area (Å²) < 4.78 is 0.945. The molecule has 0 aliphatic heterocycles. The van der Waals surface area contributed by atoms with Crippen LogP contribution in [0.5, 0.6) is 0 Å². The molecule has 0 aliphatic rings. The van der Waals surface area contributed by atoms with Gasteiger partial charge in [0.05, 0.1) is 10.6 Å². The van der Waals surface area contributed by atoms with Gasteiger partial charge in [0.15, 0.2) is 3.92 Å². The van der Waals surface area contributed by atoms with Crippen LogP contribution in [0.15, 0.2) is 26.8 Å². The van der Waals surface area contributed by atoms with Crippen molar-refractivity contribution in [2.24, 2.45) is 0 Å². The summed E-state index contributed by atoms with van der Waals surface area (Å²) in [4.78, 5) is 5.53. The minimum Gasteiger partial charge on any atom is -0.228 e. The molecule has 0 saturated heterocycles. The van der Waals surface area contributed by atoms with Crippen LogP contribution in [-0.4, -0.2) is 4.98 Å². The maximum Gasteiger partial charge on any atom is 0.159 e.